The molecule has 0 fully saturated rings. The van der Waals surface area contributed by atoms with Gasteiger partial charge >= 0.3 is 0 Å². The number of hydrazone groups is 1. The summed E-state index contributed by atoms with van der Waals surface area (Å²) in [5.74, 6) is 0.979. The predicted octanol–water partition coefficient (Wildman–Crippen LogP) is 2.72. The Hall–Kier alpha value is -2.36. The van der Waals surface area contributed by atoms with Gasteiger partial charge in [0, 0.05) is 19.2 Å². The van der Waals surface area contributed by atoms with Gasteiger partial charge in [-0.25, -0.2) is 0 Å². The summed E-state index contributed by atoms with van der Waals surface area (Å²) < 4.78 is 0. The first-order chi connectivity index (χ1) is 8.92. The van der Waals surface area contributed by atoms with Gasteiger partial charge in [-0.1, -0.05) is 18.2 Å². The number of hydrogen-bond acceptors (Lipinski definition) is 4. The maximum atomic E-state index is 4.56. The van der Waals surface area contributed by atoms with E-state index in [1.54, 1.807) is 12.4 Å². The molecule has 0 bridgehead atoms. The van der Waals surface area contributed by atoms with Crippen molar-refractivity contribution in [2.24, 2.45) is 5.10 Å². The second-order valence-corrected chi connectivity index (χ2v) is 4.12. The Morgan fingerprint density at radius 2 is 1.94 bits per heavy atom. The standard InChI is InChI=1S/C14H14N4/c1-2-6-13(7-3-1)18-10-8-14(17-18)16-12-5-4-9-15-11-12/h1-7,9,11H,8,10H2,(H,16,17). The largest absolute Gasteiger partial charge is 0.341 e. The van der Waals surface area contributed by atoms with Crippen LogP contribution in [0.3, 0.4) is 0 Å². The molecule has 1 aliphatic heterocycles. The Morgan fingerprint density at radius 3 is 2.72 bits per heavy atom. The van der Waals surface area contributed by atoms with Gasteiger partial charge in [-0.3, -0.25) is 9.99 Å². The Kier molecular flexibility index (Phi) is 2.92. The highest BCUT2D eigenvalue weighted by molar-refractivity contribution is 5.97. The van der Waals surface area contributed by atoms with Crippen LogP contribution in [0.15, 0.2) is 60.0 Å². The van der Waals surface area contributed by atoms with Gasteiger partial charge in [-0.05, 0) is 24.3 Å². The van der Waals surface area contributed by atoms with Gasteiger partial charge in [0.25, 0.3) is 0 Å². The Labute approximate surface area is 106 Å². The lowest BCUT2D eigenvalue weighted by atomic mass is 10.3. The summed E-state index contributed by atoms with van der Waals surface area (Å²) in [6.45, 7) is 0.909. The summed E-state index contributed by atoms with van der Waals surface area (Å²) in [4.78, 5) is 4.07. The number of benzene rings is 1. The molecular formula is C14H14N4. The van der Waals surface area contributed by atoms with Crippen LogP contribution in [-0.2, 0) is 0 Å². The van der Waals surface area contributed by atoms with E-state index in [-0.39, 0.29) is 0 Å². The topological polar surface area (TPSA) is 40.5 Å². The highest BCUT2D eigenvalue weighted by Crippen LogP contribution is 2.19. The molecule has 0 radical (unpaired) electrons. The van der Waals surface area contributed by atoms with Crippen LogP contribution in [0.1, 0.15) is 6.42 Å². The smallest absolute Gasteiger partial charge is 0.129 e. The average Bonchev–Trinajstić information content (AvgIpc) is 2.89. The molecule has 4 heteroatoms. The summed E-state index contributed by atoms with van der Waals surface area (Å²) >= 11 is 0. The van der Waals surface area contributed by atoms with Crippen LogP contribution in [0.5, 0.6) is 0 Å². The van der Waals surface area contributed by atoms with E-state index in [9.17, 15) is 0 Å². The lowest BCUT2D eigenvalue weighted by Gasteiger charge is -2.12. The van der Waals surface area contributed by atoms with E-state index in [0.717, 1.165) is 30.2 Å². The molecule has 0 atom stereocenters. The zero-order valence-electron chi connectivity index (χ0n) is 9.95. The van der Waals surface area contributed by atoms with Crippen molar-refractivity contribution in [2.75, 3.05) is 16.9 Å². The van der Waals surface area contributed by atoms with Crippen molar-refractivity contribution < 1.29 is 0 Å². The lowest BCUT2D eigenvalue weighted by Crippen LogP contribution is -2.11. The van der Waals surface area contributed by atoms with Crippen molar-refractivity contribution >= 4 is 17.2 Å². The van der Waals surface area contributed by atoms with Crippen LogP contribution in [0.2, 0.25) is 0 Å². The zero-order valence-corrected chi connectivity index (χ0v) is 9.95. The molecular weight excluding hydrogens is 224 g/mol. The molecule has 90 valence electrons. The molecule has 3 rings (SSSR count). The SMILES string of the molecule is c1ccc(N2CCC(Nc3cccnc3)=N2)cc1. The first-order valence-corrected chi connectivity index (χ1v) is 5.99. The minimum atomic E-state index is 0.909. The van der Waals surface area contributed by atoms with Crippen molar-refractivity contribution in [1.82, 2.24) is 4.98 Å². The third kappa shape index (κ3) is 2.32. The van der Waals surface area contributed by atoms with E-state index < -0.39 is 0 Å². The molecule has 1 aromatic heterocycles. The number of hydrogen-bond donors (Lipinski definition) is 1. The van der Waals surface area contributed by atoms with Gasteiger partial charge in [-0.15, -0.1) is 0 Å². The summed E-state index contributed by atoms with van der Waals surface area (Å²) in [6.07, 6.45) is 4.48. The van der Waals surface area contributed by atoms with Gasteiger partial charge in [0.2, 0.25) is 0 Å². The number of rotatable bonds is 2. The Morgan fingerprint density at radius 1 is 1.06 bits per heavy atom. The summed E-state index contributed by atoms with van der Waals surface area (Å²) in [7, 11) is 0. The molecule has 0 saturated heterocycles. The van der Waals surface area contributed by atoms with Gasteiger partial charge in [0.05, 0.1) is 17.6 Å². The molecule has 2 aromatic rings. The fourth-order valence-electron chi connectivity index (χ4n) is 1.94. The van der Waals surface area contributed by atoms with Gasteiger partial charge < -0.3 is 5.32 Å². The molecule has 2 heterocycles. The predicted molar refractivity (Wildman–Crippen MR) is 73.7 cm³/mol. The van der Waals surface area contributed by atoms with Gasteiger partial charge in [-0.2, -0.15) is 5.10 Å². The van der Waals surface area contributed by atoms with Crippen molar-refractivity contribution in [3.63, 3.8) is 0 Å². The fourth-order valence-corrected chi connectivity index (χ4v) is 1.94. The third-order valence-electron chi connectivity index (χ3n) is 2.81. The summed E-state index contributed by atoms with van der Waals surface area (Å²) in [5, 5.41) is 9.86. The monoisotopic (exact) mass is 238 g/mol. The van der Waals surface area contributed by atoms with E-state index in [1.807, 2.05) is 35.3 Å². The third-order valence-corrected chi connectivity index (χ3v) is 2.81. The van der Waals surface area contributed by atoms with Crippen LogP contribution in [0.25, 0.3) is 0 Å². The maximum Gasteiger partial charge on any atom is 0.129 e. The molecule has 1 aromatic carbocycles. The Balaban J connectivity index is 1.73. The minimum Gasteiger partial charge on any atom is -0.341 e. The van der Waals surface area contributed by atoms with Crippen LogP contribution in [0.4, 0.5) is 11.4 Å². The fraction of sp³-hybridized carbons (Fsp3) is 0.143. The summed E-state index contributed by atoms with van der Waals surface area (Å²) in [5.41, 5.74) is 2.10. The molecule has 1 N–H and O–H groups in total. The van der Waals surface area contributed by atoms with Crippen LogP contribution in [-0.4, -0.2) is 17.4 Å². The quantitative estimate of drug-likeness (QED) is 0.874. The van der Waals surface area contributed by atoms with Gasteiger partial charge in [0.15, 0.2) is 0 Å². The van der Waals surface area contributed by atoms with Crippen LogP contribution >= 0.6 is 0 Å². The molecule has 0 amide bonds. The maximum absolute atomic E-state index is 4.56. The molecule has 0 spiro atoms. The van der Waals surface area contributed by atoms with Crippen LogP contribution in [0, 0.1) is 0 Å². The molecule has 4 nitrogen and oxygen atoms in total. The number of nitrogens with zero attached hydrogens (tertiary/aromatic N) is 3. The molecule has 0 unspecified atom stereocenters. The molecule has 0 aliphatic carbocycles. The van der Waals surface area contributed by atoms with Crippen molar-refractivity contribution in [3.05, 3.63) is 54.9 Å². The van der Waals surface area contributed by atoms with Crippen molar-refractivity contribution in [2.45, 2.75) is 6.42 Å². The summed E-state index contributed by atoms with van der Waals surface area (Å²) in [6, 6.07) is 14.1. The number of nitrogens with one attached hydrogen (secondary N) is 1. The average molecular weight is 238 g/mol. The normalized spacial score (nSPS) is 14.4. The van der Waals surface area contributed by atoms with E-state index in [1.165, 1.54) is 0 Å². The van der Waals surface area contributed by atoms with Crippen molar-refractivity contribution in [3.8, 4) is 0 Å². The Bertz CT molecular complexity index is 536. The minimum absolute atomic E-state index is 0.909. The lowest BCUT2D eigenvalue weighted by molar-refractivity contribution is 0.922. The van der Waals surface area contributed by atoms with E-state index >= 15 is 0 Å². The van der Waals surface area contributed by atoms with E-state index in [4.69, 9.17) is 0 Å². The highest BCUT2D eigenvalue weighted by atomic mass is 15.5. The second-order valence-electron chi connectivity index (χ2n) is 4.12. The number of para-hydroxylation sites is 1. The highest BCUT2D eigenvalue weighted by Gasteiger charge is 2.15. The van der Waals surface area contributed by atoms with E-state index in [2.05, 4.69) is 27.5 Å². The number of anilines is 2. The number of aromatic nitrogens is 1. The molecule has 18 heavy (non-hydrogen) atoms. The first-order valence-electron chi connectivity index (χ1n) is 5.99. The van der Waals surface area contributed by atoms with Crippen LogP contribution < -0.4 is 10.3 Å². The number of pyridine rings is 1. The second kappa shape index (κ2) is 4.87. The molecule has 1 aliphatic rings. The van der Waals surface area contributed by atoms with E-state index in [0.29, 0.717) is 0 Å². The first kappa shape index (κ1) is 10.8. The van der Waals surface area contributed by atoms with Gasteiger partial charge in [0.1, 0.15) is 5.84 Å². The number of amidine groups is 1. The molecule has 0 saturated carbocycles. The van der Waals surface area contributed by atoms with Crippen molar-refractivity contribution in [1.29, 1.82) is 0 Å². The zero-order chi connectivity index (χ0) is 12.2.